The summed E-state index contributed by atoms with van der Waals surface area (Å²) in [5, 5.41) is 9.40. The van der Waals surface area contributed by atoms with Crippen molar-refractivity contribution in [3.8, 4) is 17.1 Å². The molecule has 0 fully saturated rings. The van der Waals surface area contributed by atoms with Crippen LogP contribution >= 0.6 is 0 Å². The first-order valence-electron chi connectivity index (χ1n) is 3.87. The number of halogens is 1. The van der Waals surface area contributed by atoms with Gasteiger partial charge in [-0.2, -0.15) is 0 Å². The molecule has 3 N–H and O–H groups in total. The van der Waals surface area contributed by atoms with E-state index in [0.29, 0.717) is 0 Å². The highest BCUT2D eigenvalue weighted by molar-refractivity contribution is 5.65. The zero-order chi connectivity index (χ0) is 10.1. The molecule has 0 aliphatic heterocycles. The lowest BCUT2D eigenvalue weighted by atomic mass is 10.1. The number of rotatable bonds is 1. The standard InChI is InChI=1S/C9H7FN2O2/c10-5-1-2-7(13)6(3-5)8-4-12-9(11)14-8/h1-4,13H,(H2,11,12). The Bertz CT molecular complexity index is 468. The quantitative estimate of drug-likeness (QED) is 0.725. The maximum Gasteiger partial charge on any atom is 0.292 e. The highest BCUT2D eigenvalue weighted by Gasteiger charge is 2.09. The zero-order valence-electron chi connectivity index (χ0n) is 7.07. The Morgan fingerprint density at radius 3 is 2.86 bits per heavy atom. The molecular formula is C9H7FN2O2. The van der Waals surface area contributed by atoms with E-state index in [1.165, 1.54) is 12.3 Å². The molecule has 1 aromatic carbocycles. The molecule has 1 heterocycles. The summed E-state index contributed by atoms with van der Waals surface area (Å²) in [6, 6.07) is 3.51. The largest absolute Gasteiger partial charge is 0.507 e. The molecule has 0 bridgehead atoms. The Labute approximate surface area is 78.8 Å². The van der Waals surface area contributed by atoms with Gasteiger partial charge in [-0.25, -0.2) is 9.37 Å². The minimum atomic E-state index is -0.465. The summed E-state index contributed by atoms with van der Waals surface area (Å²) < 4.78 is 17.8. The van der Waals surface area contributed by atoms with Crippen LogP contribution in [0.2, 0.25) is 0 Å². The van der Waals surface area contributed by atoms with Gasteiger partial charge >= 0.3 is 0 Å². The third-order valence-electron chi connectivity index (χ3n) is 1.75. The fraction of sp³-hybridized carbons (Fsp3) is 0. The van der Waals surface area contributed by atoms with Gasteiger partial charge in [-0.1, -0.05) is 0 Å². The van der Waals surface area contributed by atoms with Gasteiger partial charge in [0.05, 0.1) is 11.8 Å². The first-order chi connectivity index (χ1) is 6.66. The number of aromatic hydroxyl groups is 1. The van der Waals surface area contributed by atoms with Crippen LogP contribution in [0.5, 0.6) is 5.75 Å². The highest BCUT2D eigenvalue weighted by Crippen LogP contribution is 2.30. The molecule has 4 nitrogen and oxygen atoms in total. The average molecular weight is 194 g/mol. The summed E-state index contributed by atoms with van der Waals surface area (Å²) >= 11 is 0. The highest BCUT2D eigenvalue weighted by atomic mass is 19.1. The van der Waals surface area contributed by atoms with Crippen LogP contribution in [-0.2, 0) is 0 Å². The van der Waals surface area contributed by atoms with Crippen LogP contribution in [-0.4, -0.2) is 10.1 Å². The number of nitrogens with two attached hydrogens (primary N) is 1. The molecule has 0 aliphatic rings. The van der Waals surface area contributed by atoms with Gasteiger partial charge in [0.15, 0.2) is 5.76 Å². The van der Waals surface area contributed by atoms with Gasteiger partial charge in [0.2, 0.25) is 0 Å². The number of nitrogen functional groups attached to an aromatic ring is 1. The lowest BCUT2D eigenvalue weighted by Crippen LogP contribution is -1.81. The monoisotopic (exact) mass is 194 g/mol. The fourth-order valence-corrected chi connectivity index (χ4v) is 1.12. The molecule has 0 spiro atoms. The average Bonchev–Trinajstić information content (AvgIpc) is 2.56. The molecule has 0 saturated carbocycles. The Balaban J connectivity index is 2.55. The minimum absolute atomic E-state index is 0.0244. The van der Waals surface area contributed by atoms with Crippen molar-refractivity contribution in [1.29, 1.82) is 0 Å². The lowest BCUT2D eigenvalue weighted by Gasteiger charge is -1.99. The molecule has 0 aliphatic carbocycles. The van der Waals surface area contributed by atoms with E-state index in [1.54, 1.807) is 0 Å². The predicted octanol–water partition coefficient (Wildman–Crippen LogP) is 1.77. The number of hydrogen-bond donors (Lipinski definition) is 2. The Kier molecular flexibility index (Phi) is 1.85. The molecule has 0 atom stereocenters. The fourth-order valence-electron chi connectivity index (χ4n) is 1.12. The third kappa shape index (κ3) is 1.39. The molecule has 0 saturated heterocycles. The molecule has 2 rings (SSSR count). The van der Waals surface area contributed by atoms with Crippen LogP contribution in [0, 0.1) is 5.82 Å². The van der Waals surface area contributed by atoms with Gasteiger partial charge in [0.1, 0.15) is 11.6 Å². The zero-order valence-corrected chi connectivity index (χ0v) is 7.07. The molecule has 0 radical (unpaired) electrons. The number of phenolic OH excluding ortho intramolecular Hbond substituents is 1. The van der Waals surface area contributed by atoms with Crippen LogP contribution in [0.3, 0.4) is 0 Å². The van der Waals surface area contributed by atoms with Gasteiger partial charge in [-0.3, -0.25) is 0 Å². The number of nitrogens with zero attached hydrogens (tertiary/aromatic N) is 1. The normalized spacial score (nSPS) is 10.4. The third-order valence-corrected chi connectivity index (χ3v) is 1.75. The first-order valence-corrected chi connectivity index (χ1v) is 3.87. The van der Waals surface area contributed by atoms with E-state index in [0.717, 1.165) is 12.1 Å². The second-order valence-corrected chi connectivity index (χ2v) is 2.72. The minimum Gasteiger partial charge on any atom is -0.507 e. The Morgan fingerprint density at radius 2 is 2.21 bits per heavy atom. The summed E-state index contributed by atoms with van der Waals surface area (Å²) in [6.07, 6.45) is 1.32. The second-order valence-electron chi connectivity index (χ2n) is 2.72. The van der Waals surface area contributed by atoms with E-state index in [9.17, 15) is 9.50 Å². The summed E-state index contributed by atoms with van der Waals surface area (Å²) in [5.74, 6) is -0.310. The van der Waals surface area contributed by atoms with E-state index < -0.39 is 5.82 Å². The van der Waals surface area contributed by atoms with Crippen molar-refractivity contribution in [3.63, 3.8) is 0 Å². The van der Waals surface area contributed by atoms with Gasteiger partial charge in [-0.15, -0.1) is 0 Å². The predicted molar refractivity (Wildman–Crippen MR) is 48.0 cm³/mol. The van der Waals surface area contributed by atoms with E-state index >= 15 is 0 Å². The molecule has 1 aromatic heterocycles. The molecule has 14 heavy (non-hydrogen) atoms. The summed E-state index contributed by atoms with van der Waals surface area (Å²) in [5.41, 5.74) is 5.48. The maximum atomic E-state index is 12.8. The number of anilines is 1. The molecule has 0 unspecified atom stereocenters. The van der Waals surface area contributed by atoms with Gasteiger partial charge in [0.25, 0.3) is 6.01 Å². The SMILES string of the molecule is Nc1ncc(-c2cc(F)ccc2O)o1. The second kappa shape index (κ2) is 3.02. The van der Waals surface area contributed by atoms with E-state index in [-0.39, 0.29) is 23.1 Å². The van der Waals surface area contributed by atoms with Crippen molar-refractivity contribution in [2.24, 2.45) is 0 Å². The topological polar surface area (TPSA) is 72.3 Å². The number of hydrogen-bond acceptors (Lipinski definition) is 4. The summed E-state index contributed by atoms with van der Waals surface area (Å²) in [6.45, 7) is 0. The first kappa shape index (κ1) is 8.55. The lowest BCUT2D eigenvalue weighted by molar-refractivity contribution is 0.472. The van der Waals surface area contributed by atoms with Crippen LogP contribution in [0.15, 0.2) is 28.8 Å². The van der Waals surface area contributed by atoms with Gasteiger partial charge in [0, 0.05) is 0 Å². The number of oxazole rings is 1. The smallest absolute Gasteiger partial charge is 0.292 e. The van der Waals surface area contributed by atoms with Crippen molar-refractivity contribution in [3.05, 3.63) is 30.2 Å². The van der Waals surface area contributed by atoms with Crippen molar-refractivity contribution in [2.75, 3.05) is 5.73 Å². The van der Waals surface area contributed by atoms with Gasteiger partial charge < -0.3 is 15.3 Å². The number of phenols is 1. The summed E-state index contributed by atoms with van der Waals surface area (Å²) in [7, 11) is 0. The number of aromatic nitrogens is 1. The van der Waals surface area contributed by atoms with Crippen molar-refractivity contribution in [1.82, 2.24) is 4.98 Å². The molecular weight excluding hydrogens is 187 g/mol. The van der Waals surface area contributed by atoms with Crippen LogP contribution in [0.4, 0.5) is 10.4 Å². The van der Waals surface area contributed by atoms with E-state index in [4.69, 9.17) is 10.2 Å². The molecule has 2 aromatic rings. The van der Waals surface area contributed by atoms with Crippen molar-refractivity contribution in [2.45, 2.75) is 0 Å². The van der Waals surface area contributed by atoms with Gasteiger partial charge in [-0.05, 0) is 18.2 Å². The molecule has 5 heteroatoms. The van der Waals surface area contributed by atoms with Crippen LogP contribution in [0.1, 0.15) is 0 Å². The van der Waals surface area contributed by atoms with E-state index in [1.807, 2.05) is 0 Å². The maximum absolute atomic E-state index is 12.8. The molecule has 0 amide bonds. The number of benzene rings is 1. The Hall–Kier alpha value is -2.04. The van der Waals surface area contributed by atoms with Crippen molar-refractivity contribution < 1.29 is 13.9 Å². The van der Waals surface area contributed by atoms with Crippen LogP contribution < -0.4 is 5.73 Å². The van der Waals surface area contributed by atoms with Crippen molar-refractivity contribution >= 4 is 6.01 Å². The Morgan fingerprint density at radius 1 is 1.43 bits per heavy atom. The molecule has 72 valence electrons. The summed E-state index contributed by atoms with van der Waals surface area (Å²) in [4.78, 5) is 3.64. The van der Waals surface area contributed by atoms with Crippen LogP contribution in [0.25, 0.3) is 11.3 Å². The van der Waals surface area contributed by atoms with E-state index in [2.05, 4.69) is 4.98 Å².